The third kappa shape index (κ3) is 4.55. The molecule has 0 aliphatic rings. The number of carbonyl (C=O) groups excluding carboxylic acids is 1. The summed E-state index contributed by atoms with van der Waals surface area (Å²) in [7, 11) is 0. The molecule has 0 fully saturated rings. The Morgan fingerprint density at radius 3 is 2.68 bits per heavy atom. The van der Waals surface area contributed by atoms with Crippen molar-refractivity contribution >= 4 is 52.0 Å². The van der Waals surface area contributed by atoms with Crippen molar-refractivity contribution in [3.63, 3.8) is 0 Å². The molecule has 0 bridgehead atoms. The van der Waals surface area contributed by atoms with Crippen molar-refractivity contribution in [2.45, 2.75) is 36.0 Å². The van der Waals surface area contributed by atoms with E-state index in [-0.39, 0.29) is 5.78 Å². The zero-order valence-corrected chi connectivity index (χ0v) is 17.6. The van der Waals surface area contributed by atoms with Crippen LogP contribution in [0.1, 0.15) is 33.5 Å². The average Bonchev–Trinajstić information content (AvgIpc) is 3.31. The molecule has 0 N–H and O–H groups in total. The van der Waals surface area contributed by atoms with Crippen LogP contribution in [0.4, 0.5) is 0 Å². The molecule has 3 aromatic rings. The van der Waals surface area contributed by atoms with Gasteiger partial charge < -0.3 is 4.57 Å². The molecule has 0 saturated heterocycles. The van der Waals surface area contributed by atoms with Gasteiger partial charge in [-0.25, -0.2) is 0 Å². The summed E-state index contributed by atoms with van der Waals surface area (Å²) in [5, 5.41) is 10.4. The highest BCUT2D eigenvalue weighted by Crippen LogP contribution is 2.29. The van der Waals surface area contributed by atoms with Crippen molar-refractivity contribution in [3.05, 3.63) is 45.4 Å². The van der Waals surface area contributed by atoms with Gasteiger partial charge in [-0.1, -0.05) is 47.9 Å². The lowest BCUT2D eigenvalue weighted by Gasteiger charge is -2.08. The van der Waals surface area contributed by atoms with Crippen LogP contribution in [0.3, 0.4) is 0 Å². The molecule has 132 valence electrons. The van der Waals surface area contributed by atoms with E-state index in [1.807, 2.05) is 13.0 Å². The molecule has 0 unspecified atom stereocenters. The van der Waals surface area contributed by atoms with Crippen molar-refractivity contribution in [2.24, 2.45) is 0 Å². The van der Waals surface area contributed by atoms with Gasteiger partial charge >= 0.3 is 0 Å². The fraction of sp³-hybridized carbons (Fsp3) is 0.353. The number of nitrogens with zero attached hydrogens (tertiary/aromatic N) is 3. The molecular formula is C17H19N3OS4. The highest BCUT2D eigenvalue weighted by molar-refractivity contribution is 8.03. The molecular weight excluding hydrogens is 390 g/mol. The van der Waals surface area contributed by atoms with Crippen LogP contribution in [-0.4, -0.2) is 32.1 Å². The van der Waals surface area contributed by atoms with Gasteiger partial charge in [0.05, 0.1) is 12.3 Å². The molecule has 0 aromatic carbocycles. The van der Waals surface area contributed by atoms with Gasteiger partial charge in [0.25, 0.3) is 0 Å². The highest BCUT2D eigenvalue weighted by atomic mass is 32.2. The van der Waals surface area contributed by atoms with E-state index in [4.69, 9.17) is 0 Å². The number of thioether (sulfide) groups is 2. The Kier molecular flexibility index (Phi) is 6.38. The molecule has 3 aromatic heterocycles. The van der Waals surface area contributed by atoms with Gasteiger partial charge in [0.15, 0.2) is 14.5 Å². The zero-order chi connectivity index (χ0) is 17.8. The lowest BCUT2D eigenvalue weighted by Crippen LogP contribution is -2.07. The van der Waals surface area contributed by atoms with E-state index in [0.29, 0.717) is 5.75 Å². The Balaban J connectivity index is 1.67. The summed E-state index contributed by atoms with van der Waals surface area (Å²) in [6, 6.07) is 6.19. The molecule has 0 aliphatic carbocycles. The Hall–Kier alpha value is -1.09. The average molecular weight is 410 g/mol. The monoisotopic (exact) mass is 409 g/mol. The first-order chi connectivity index (χ1) is 12.1. The number of hydrogen-bond donors (Lipinski definition) is 0. The second kappa shape index (κ2) is 8.53. The van der Waals surface area contributed by atoms with E-state index < -0.39 is 0 Å². The van der Waals surface area contributed by atoms with Crippen LogP contribution in [0.2, 0.25) is 0 Å². The largest absolute Gasteiger partial charge is 0.343 e. The van der Waals surface area contributed by atoms with Crippen LogP contribution in [0.25, 0.3) is 0 Å². The van der Waals surface area contributed by atoms with E-state index in [9.17, 15) is 4.79 Å². The number of aromatic nitrogens is 3. The number of aryl methyl sites for hydroxylation is 1. The van der Waals surface area contributed by atoms with Gasteiger partial charge in [-0.2, -0.15) is 0 Å². The number of ketones is 1. The van der Waals surface area contributed by atoms with Crippen molar-refractivity contribution in [1.29, 1.82) is 0 Å². The SMILES string of the molecule is CCSc1nnc(SCC(=O)c2cc(C)n(Cc3cccs3)c2C)s1. The Morgan fingerprint density at radius 2 is 2.00 bits per heavy atom. The van der Waals surface area contributed by atoms with Crippen molar-refractivity contribution in [1.82, 2.24) is 14.8 Å². The fourth-order valence-corrected chi connectivity index (χ4v) is 6.02. The number of hydrogen-bond acceptors (Lipinski definition) is 7. The third-order valence-electron chi connectivity index (χ3n) is 3.75. The van der Waals surface area contributed by atoms with Crippen molar-refractivity contribution in [3.8, 4) is 0 Å². The summed E-state index contributed by atoms with van der Waals surface area (Å²) in [6.07, 6.45) is 0. The second-order valence-electron chi connectivity index (χ2n) is 5.43. The van der Waals surface area contributed by atoms with E-state index in [1.165, 1.54) is 16.6 Å². The predicted molar refractivity (Wildman–Crippen MR) is 109 cm³/mol. The number of Topliss-reactive ketones (excluding diaryl/α,β-unsaturated/α-hetero) is 1. The van der Waals surface area contributed by atoms with Gasteiger partial charge in [0.2, 0.25) is 0 Å². The Morgan fingerprint density at radius 1 is 1.24 bits per heavy atom. The Bertz CT molecular complexity index is 852. The summed E-state index contributed by atoms with van der Waals surface area (Å²) in [4.78, 5) is 14.0. The molecule has 0 amide bonds. The highest BCUT2D eigenvalue weighted by Gasteiger charge is 2.17. The molecule has 3 rings (SSSR count). The van der Waals surface area contributed by atoms with Crippen LogP contribution < -0.4 is 0 Å². The standard InChI is InChI=1S/C17H19N3OS4/c1-4-22-16-18-19-17(25-16)24-10-15(21)14-8-11(2)20(12(14)3)9-13-6-5-7-23-13/h5-8H,4,9-10H2,1-3H3. The molecule has 3 heterocycles. The summed E-state index contributed by atoms with van der Waals surface area (Å²) in [6.45, 7) is 7.00. The number of carbonyl (C=O) groups is 1. The molecule has 25 heavy (non-hydrogen) atoms. The minimum Gasteiger partial charge on any atom is -0.343 e. The van der Waals surface area contributed by atoms with Crippen LogP contribution >= 0.6 is 46.2 Å². The van der Waals surface area contributed by atoms with Gasteiger partial charge in [0, 0.05) is 21.8 Å². The maximum absolute atomic E-state index is 12.7. The van der Waals surface area contributed by atoms with E-state index in [0.717, 1.165) is 37.9 Å². The maximum Gasteiger partial charge on any atom is 0.175 e. The molecule has 0 saturated carbocycles. The smallest absolute Gasteiger partial charge is 0.175 e. The van der Waals surface area contributed by atoms with Gasteiger partial charge in [0.1, 0.15) is 0 Å². The Labute approximate surface area is 164 Å². The minimum absolute atomic E-state index is 0.149. The first kappa shape index (κ1) is 18.7. The molecule has 0 aliphatic heterocycles. The maximum atomic E-state index is 12.7. The molecule has 8 heteroatoms. The third-order valence-corrected chi connectivity index (χ3v) is 7.68. The van der Waals surface area contributed by atoms with Gasteiger partial charge in [-0.15, -0.1) is 21.5 Å². The van der Waals surface area contributed by atoms with Gasteiger partial charge in [-0.05, 0) is 37.1 Å². The van der Waals surface area contributed by atoms with E-state index in [2.05, 4.69) is 46.1 Å². The number of rotatable bonds is 8. The van der Waals surface area contributed by atoms with Crippen LogP contribution in [0.5, 0.6) is 0 Å². The fourth-order valence-electron chi connectivity index (χ4n) is 2.53. The quantitative estimate of drug-likeness (QED) is 0.380. The summed E-state index contributed by atoms with van der Waals surface area (Å²) in [5.41, 5.74) is 2.97. The van der Waals surface area contributed by atoms with Crippen molar-refractivity contribution in [2.75, 3.05) is 11.5 Å². The summed E-state index contributed by atoms with van der Waals surface area (Å²) in [5.74, 6) is 1.53. The van der Waals surface area contributed by atoms with Crippen LogP contribution in [-0.2, 0) is 6.54 Å². The topological polar surface area (TPSA) is 47.8 Å². The normalized spacial score (nSPS) is 11.2. The van der Waals surface area contributed by atoms with E-state index >= 15 is 0 Å². The first-order valence-corrected chi connectivity index (χ1v) is 11.6. The second-order valence-corrected chi connectivity index (χ2v) is 10.2. The molecule has 0 atom stereocenters. The lowest BCUT2D eigenvalue weighted by molar-refractivity contribution is 0.102. The van der Waals surface area contributed by atoms with E-state index in [1.54, 1.807) is 34.4 Å². The summed E-state index contributed by atoms with van der Waals surface area (Å²) < 4.78 is 4.04. The molecule has 0 radical (unpaired) electrons. The lowest BCUT2D eigenvalue weighted by atomic mass is 10.2. The first-order valence-electron chi connectivity index (χ1n) is 7.90. The predicted octanol–water partition coefficient (Wildman–Crippen LogP) is 5.15. The van der Waals surface area contributed by atoms with Crippen LogP contribution in [0.15, 0.2) is 32.3 Å². The van der Waals surface area contributed by atoms with Crippen molar-refractivity contribution < 1.29 is 4.79 Å². The molecule has 4 nitrogen and oxygen atoms in total. The number of thiophene rings is 1. The summed E-state index contributed by atoms with van der Waals surface area (Å²) >= 11 is 6.45. The molecule has 0 spiro atoms. The zero-order valence-electron chi connectivity index (χ0n) is 14.3. The van der Waals surface area contributed by atoms with Gasteiger partial charge in [-0.3, -0.25) is 4.79 Å². The van der Waals surface area contributed by atoms with Crippen LogP contribution in [0, 0.1) is 13.8 Å². The minimum atomic E-state index is 0.149.